The molecule has 0 bridgehead atoms. The molecule has 1 aliphatic rings. The zero-order chi connectivity index (χ0) is 22.9. The molecule has 1 aromatic carbocycles. The number of anilines is 1. The Morgan fingerprint density at radius 3 is 2.19 bits per heavy atom. The van der Waals surface area contributed by atoms with Crippen molar-refractivity contribution in [2.24, 2.45) is 5.92 Å². The maximum absolute atomic E-state index is 10.8. The van der Waals surface area contributed by atoms with E-state index >= 15 is 0 Å². The fourth-order valence-corrected chi connectivity index (χ4v) is 3.76. The molecule has 0 heterocycles. The number of nitrogens with zero attached hydrogens (tertiary/aromatic N) is 2. The third-order valence-electron chi connectivity index (χ3n) is 4.35. The van der Waals surface area contributed by atoms with E-state index in [9.17, 15) is 14.7 Å². The van der Waals surface area contributed by atoms with Crippen molar-refractivity contribution in [1.82, 2.24) is 0 Å². The maximum Gasteiger partial charge on any atom is 0.469 e. The van der Waals surface area contributed by atoms with E-state index in [1.54, 1.807) is 6.08 Å². The first-order chi connectivity index (χ1) is 14.6. The Morgan fingerprint density at radius 2 is 1.61 bits per heavy atom. The van der Waals surface area contributed by atoms with Gasteiger partial charge in [0, 0.05) is 17.5 Å². The van der Waals surface area contributed by atoms with Gasteiger partial charge in [-0.2, -0.15) is 4.79 Å². The van der Waals surface area contributed by atoms with E-state index in [4.69, 9.17) is 19.6 Å². The molecule has 13 heteroatoms. The number of hydrogen-bond donors (Lipinski definition) is 5. The number of phosphoric ester groups is 2. The van der Waals surface area contributed by atoms with Crippen LogP contribution in [0, 0.1) is 5.92 Å². The van der Waals surface area contributed by atoms with Crippen molar-refractivity contribution in [3.63, 3.8) is 0 Å². The van der Waals surface area contributed by atoms with E-state index < -0.39 is 15.6 Å². The van der Waals surface area contributed by atoms with Gasteiger partial charge in [-0.1, -0.05) is 18.2 Å². The molecule has 0 radical (unpaired) electrons. The van der Waals surface area contributed by atoms with Crippen LogP contribution in [0.3, 0.4) is 0 Å². The third kappa shape index (κ3) is 9.84. The maximum atomic E-state index is 10.8. The molecular formula is C18H25N3O8P2. The minimum atomic E-state index is -4.54. The molecule has 0 saturated carbocycles. The second-order valence-electron chi connectivity index (χ2n) is 6.77. The van der Waals surface area contributed by atoms with Crippen LogP contribution in [0.25, 0.3) is 5.53 Å². The Labute approximate surface area is 179 Å². The molecule has 170 valence electrons. The summed E-state index contributed by atoms with van der Waals surface area (Å²) in [5.41, 5.74) is 12.1. The first-order valence-corrected chi connectivity index (χ1v) is 12.5. The van der Waals surface area contributed by atoms with E-state index in [1.807, 2.05) is 36.4 Å². The van der Waals surface area contributed by atoms with Crippen LogP contribution in [0.1, 0.15) is 25.7 Å². The molecule has 1 aromatic rings. The highest BCUT2D eigenvalue weighted by Gasteiger charge is 2.27. The van der Waals surface area contributed by atoms with Crippen molar-refractivity contribution in [3.05, 3.63) is 59.3 Å². The van der Waals surface area contributed by atoms with Gasteiger partial charge in [-0.3, -0.25) is 9.05 Å². The summed E-state index contributed by atoms with van der Waals surface area (Å²) < 4.78 is 30.6. The van der Waals surface area contributed by atoms with Gasteiger partial charge in [-0.15, -0.1) is 0 Å². The summed E-state index contributed by atoms with van der Waals surface area (Å²) in [5, 5.41) is 3.28. The highest BCUT2D eigenvalue weighted by atomic mass is 31.2. The zero-order valence-corrected chi connectivity index (χ0v) is 18.4. The third-order valence-corrected chi connectivity index (χ3v) is 5.39. The number of rotatable bonds is 12. The van der Waals surface area contributed by atoms with Crippen LogP contribution >= 0.6 is 15.6 Å². The normalized spacial score (nSPS) is 17.0. The molecule has 0 aliphatic heterocycles. The van der Waals surface area contributed by atoms with Gasteiger partial charge >= 0.3 is 15.6 Å². The Kier molecular flexibility index (Phi) is 9.53. The van der Waals surface area contributed by atoms with Crippen molar-refractivity contribution in [1.29, 1.82) is 0 Å². The summed E-state index contributed by atoms with van der Waals surface area (Å²) >= 11 is 0. The summed E-state index contributed by atoms with van der Waals surface area (Å²) in [6.07, 6.45) is 4.99. The number of allylic oxidation sites excluding steroid dienone is 3. The average Bonchev–Trinajstić information content (AvgIpc) is 2.69. The lowest BCUT2D eigenvalue weighted by molar-refractivity contribution is -0.00970. The first-order valence-electron chi connectivity index (χ1n) is 9.44. The quantitative estimate of drug-likeness (QED) is 0.132. The summed E-state index contributed by atoms with van der Waals surface area (Å²) in [6, 6.07) is 9.33. The van der Waals surface area contributed by atoms with E-state index in [0.717, 1.165) is 17.0 Å². The first kappa shape index (κ1) is 25.4. The molecule has 0 fully saturated rings. The van der Waals surface area contributed by atoms with Gasteiger partial charge < -0.3 is 30.4 Å². The largest absolute Gasteiger partial charge is 0.469 e. The van der Waals surface area contributed by atoms with Crippen LogP contribution in [0.2, 0.25) is 0 Å². The predicted octanol–water partition coefficient (Wildman–Crippen LogP) is 2.99. The smallest absolute Gasteiger partial charge is 0.361 e. The van der Waals surface area contributed by atoms with Gasteiger partial charge in [0.1, 0.15) is 0 Å². The minimum Gasteiger partial charge on any atom is -0.361 e. The van der Waals surface area contributed by atoms with Gasteiger partial charge in [-0.25, -0.2) is 9.13 Å². The summed E-state index contributed by atoms with van der Waals surface area (Å²) in [5.74, 6) is -0.327. The van der Waals surface area contributed by atoms with E-state index in [2.05, 4.69) is 19.2 Å². The summed E-state index contributed by atoms with van der Waals surface area (Å²) in [4.78, 5) is 38.5. The van der Waals surface area contributed by atoms with Crippen LogP contribution in [0.15, 0.2) is 53.8 Å². The standard InChI is InChI=1S/C18H25N3O8P2/c19-21-18-13-14(6-4-10-28-30(22,23)24)17(20-16-8-2-1-3-9-16)12-15(18)7-5-11-29-31(25,26)27/h1-3,8-9,12-13,15,20H,4-7,10-11H2,(H2,22,23,24)(H2,25,26,27). The molecule has 1 aliphatic carbocycles. The average molecular weight is 473 g/mol. The molecular weight excluding hydrogens is 448 g/mol. The lowest BCUT2D eigenvalue weighted by atomic mass is 9.87. The highest BCUT2D eigenvalue weighted by molar-refractivity contribution is 7.46. The van der Waals surface area contributed by atoms with Crippen molar-refractivity contribution < 1.29 is 42.5 Å². The summed E-state index contributed by atoms with van der Waals surface area (Å²) in [7, 11) is -9.08. The van der Waals surface area contributed by atoms with Crippen molar-refractivity contribution >= 4 is 27.0 Å². The van der Waals surface area contributed by atoms with Gasteiger partial charge in [-0.05, 0) is 49.5 Å². The molecule has 1 atom stereocenters. The van der Waals surface area contributed by atoms with E-state index in [-0.39, 0.29) is 19.1 Å². The molecule has 1 unspecified atom stereocenters. The van der Waals surface area contributed by atoms with Crippen LogP contribution in [-0.4, -0.2) is 43.3 Å². The van der Waals surface area contributed by atoms with Crippen LogP contribution in [0.5, 0.6) is 0 Å². The lowest BCUT2D eigenvalue weighted by Gasteiger charge is -2.21. The second-order valence-corrected chi connectivity index (χ2v) is 9.24. The van der Waals surface area contributed by atoms with E-state index in [1.165, 1.54) is 0 Å². The second kappa shape index (κ2) is 11.6. The number of nitrogens with one attached hydrogen (secondary N) is 1. The Morgan fingerprint density at radius 1 is 1.00 bits per heavy atom. The Bertz CT molecular complexity index is 948. The molecule has 2 rings (SSSR count). The number of hydrogen-bond acceptors (Lipinski definition) is 5. The molecule has 0 aromatic heterocycles. The topological polar surface area (TPSA) is 182 Å². The molecule has 11 nitrogen and oxygen atoms in total. The monoisotopic (exact) mass is 473 g/mol. The van der Waals surface area contributed by atoms with Gasteiger partial charge in [0.2, 0.25) is 0 Å². The number of phosphoric acid groups is 2. The molecule has 0 saturated heterocycles. The van der Waals surface area contributed by atoms with Crippen molar-refractivity contribution in [2.75, 3.05) is 18.5 Å². The predicted molar refractivity (Wildman–Crippen MR) is 113 cm³/mol. The molecule has 31 heavy (non-hydrogen) atoms. The van der Waals surface area contributed by atoms with Gasteiger partial charge in [0.15, 0.2) is 0 Å². The minimum absolute atomic E-state index is 0.144. The highest BCUT2D eigenvalue weighted by Crippen LogP contribution is 2.37. The fraction of sp³-hybridized carbons (Fsp3) is 0.389. The zero-order valence-electron chi connectivity index (χ0n) is 16.6. The summed E-state index contributed by atoms with van der Waals surface area (Å²) in [6.45, 7) is -0.292. The van der Waals surface area contributed by atoms with Crippen molar-refractivity contribution in [2.45, 2.75) is 25.7 Å². The van der Waals surface area contributed by atoms with E-state index in [0.29, 0.717) is 31.4 Å². The van der Waals surface area contributed by atoms with Crippen LogP contribution < -0.4 is 5.32 Å². The number of para-hydroxylation sites is 1. The molecule has 0 amide bonds. The van der Waals surface area contributed by atoms with Gasteiger partial charge in [0.25, 0.3) is 5.71 Å². The Hall–Kier alpha value is -1.90. The van der Waals surface area contributed by atoms with Gasteiger partial charge in [0.05, 0.1) is 19.1 Å². The molecule has 5 N–H and O–H groups in total. The van der Waals surface area contributed by atoms with Crippen LogP contribution in [0.4, 0.5) is 5.69 Å². The van der Waals surface area contributed by atoms with Crippen LogP contribution in [-0.2, 0) is 18.2 Å². The SMILES string of the molecule is [N-]=[N+]=C1C=C(CCCOP(=O)(O)O)C(Nc2ccccc2)=CC1CCCOP(=O)(O)O. The molecule has 0 spiro atoms. The Balaban J connectivity index is 2.12. The fourth-order valence-electron chi connectivity index (χ4n) is 3.03. The van der Waals surface area contributed by atoms with Crippen molar-refractivity contribution in [3.8, 4) is 0 Å². The number of benzene rings is 1. The lowest BCUT2D eigenvalue weighted by Crippen LogP contribution is -2.21.